The van der Waals surface area contributed by atoms with Crippen LogP contribution in [-0.4, -0.2) is 51.4 Å². The van der Waals surface area contributed by atoms with Gasteiger partial charge >= 0.3 is 6.03 Å². The molecule has 3 amide bonds. The molecule has 2 heterocycles. The van der Waals surface area contributed by atoms with Gasteiger partial charge in [-0.3, -0.25) is 4.79 Å². The van der Waals surface area contributed by atoms with E-state index >= 15 is 0 Å². The minimum Gasteiger partial charge on any atom is -0.337 e. The van der Waals surface area contributed by atoms with Gasteiger partial charge in [0, 0.05) is 19.6 Å². The quantitative estimate of drug-likeness (QED) is 0.928. The topological polar surface area (TPSA) is 70.5 Å². The van der Waals surface area contributed by atoms with Gasteiger partial charge in [0.2, 0.25) is 0 Å². The van der Waals surface area contributed by atoms with Crippen LogP contribution in [0, 0.1) is 6.92 Å². The molecule has 7 heteroatoms. The van der Waals surface area contributed by atoms with Crippen LogP contribution < -0.4 is 5.32 Å². The van der Waals surface area contributed by atoms with Crippen LogP contribution in [0.5, 0.6) is 0 Å². The normalized spacial score (nSPS) is 14.0. The van der Waals surface area contributed by atoms with Crippen molar-refractivity contribution in [3.63, 3.8) is 0 Å². The SMILES string of the molecule is CCCNC(=O)N1CCCN1C(=O)c1cnn(-c2ccccc2)c1C. The van der Waals surface area contributed by atoms with Crippen LogP contribution in [0.1, 0.15) is 35.8 Å². The van der Waals surface area contributed by atoms with E-state index in [-0.39, 0.29) is 11.9 Å². The highest BCUT2D eigenvalue weighted by atomic mass is 16.2. The number of benzene rings is 1. The van der Waals surface area contributed by atoms with Crippen molar-refractivity contribution in [3.05, 3.63) is 47.8 Å². The number of urea groups is 1. The monoisotopic (exact) mass is 341 g/mol. The summed E-state index contributed by atoms with van der Waals surface area (Å²) in [5.41, 5.74) is 2.18. The van der Waals surface area contributed by atoms with E-state index in [2.05, 4.69) is 10.4 Å². The van der Waals surface area contributed by atoms with Crippen LogP contribution in [0.3, 0.4) is 0 Å². The van der Waals surface area contributed by atoms with Gasteiger partial charge in [-0.2, -0.15) is 5.10 Å². The number of nitrogens with zero attached hydrogens (tertiary/aromatic N) is 4. The fraction of sp³-hybridized carbons (Fsp3) is 0.389. The predicted molar refractivity (Wildman–Crippen MR) is 94.4 cm³/mol. The number of carbonyl (C=O) groups excluding carboxylic acids is 2. The zero-order valence-corrected chi connectivity index (χ0v) is 14.6. The van der Waals surface area contributed by atoms with Crippen molar-refractivity contribution >= 4 is 11.9 Å². The lowest BCUT2D eigenvalue weighted by atomic mass is 10.2. The Kier molecular flexibility index (Phi) is 5.02. The second kappa shape index (κ2) is 7.38. The van der Waals surface area contributed by atoms with Crippen LogP contribution in [0.15, 0.2) is 36.5 Å². The molecular weight excluding hydrogens is 318 g/mol. The summed E-state index contributed by atoms with van der Waals surface area (Å²) >= 11 is 0. The van der Waals surface area contributed by atoms with Crippen molar-refractivity contribution in [2.75, 3.05) is 19.6 Å². The number of hydrogen-bond acceptors (Lipinski definition) is 3. The fourth-order valence-electron chi connectivity index (χ4n) is 2.95. The first kappa shape index (κ1) is 17.0. The average Bonchev–Trinajstić information content (AvgIpc) is 3.27. The van der Waals surface area contributed by atoms with Crippen molar-refractivity contribution in [1.82, 2.24) is 25.1 Å². The van der Waals surface area contributed by atoms with Gasteiger partial charge in [0.25, 0.3) is 5.91 Å². The van der Waals surface area contributed by atoms with Crippen LogP contribution in [0.2, 0.25) is 0 Å². The van der Waals surface area contributed by atoms with Crippen molar-refractivity contribution in [3.8, 4) is 5.69 Å². The molecule has 0 aliphatic carbocycles. The third-order valence-corrected chi connectivity index (χ3v) is 4.27. The van der Waals surface area contributed by atoms with Gasteiger partial charge in [-0.05, 0) is 31.9 Å². The van der Waals surface area contributed by atoms with Gasteiger partial charge in [0.15, 0.2) is 0 Å². The molecule has 1 aliphatic rings. The Morgan fingerprint density at radius 1 is 1.16 bits per heavy atom. The molecule has 0 atom stereocenters. The number of hydrazine groups is 1. The minimum absolute atomic E-state index is 0.191. The number of para-hydroxylation sites is 1. The molecule has 132 valence electrons. The molecular formula is C18H23N5O2. The number of aromatic nitrogens is 2. The zero-order valence-electron chi connectivity index (χ0n) is 14.6. The molecule has 1 aromatic heterocycles. The Bertz CT molecular complexity index is 756. The molecule has 1 fully saturated rings. The highest BCUT2D eigenvalue weighted by Gasteiger charge is 2.32. The highest BCUT2D eigenvalue weighted by Crippen LogP contribution is 2.19. The van der Waals surface area contributed by atoms with E-state index in [0.29, 0.717) is 25.2 Å². The summed E-state index contributed by atoms with van der Waals surface area (Å²) in [7, 11) is 0. The molecule has 3 rings (SSSR count). The molecule has 0 spiro atoms. The summed E-state index contributed by atoms with van der Waals surface area (Å²) in [5.74, 6) is -0.191. The van der Waals surface area contributed by atoms with Crippen molar-refractivity contribution in [1.29, 1.82) is 0 Å². The van der Waals surface area contributed by atoms with Crippen LogP contribution in [0.25, 0.3) is 5.69 Å². The summed E-state index contributed by atoms with van der Waals surface area (Å²) in [6, 6.07) is 9.45. The van der Waals surface area contributed by atoms with Crippen molar-refractivity contribution in [2.24, 2.45) is 0 Å². The number of amides is 3. The molecule has 1 aliphatic heterocycles. The van der Waals surface area contributed by atoms with Gasteiger partial charge < -0.3 is 5.32 Å². The summed E-state index contributed by atoms with van der Waals surface area (Å²) in [5, 5.41) is 10.2. The summed E-state index contributed by atoms with van der Waals surface area (Å²) in [4.78, 5) is 25.2. The molecule has 0 saturated carbocycles. The lowest BCUT2D eigenvalue weighted by Crippen LogP contribution is -2.49. The molecule has 0 unspecified atom stereocenters. The van der Waals surface area contributed by atoms with Crippen LogP contribution in [0.4, 0.5) is 4.79 Å². The van der Waals surface area contributed by atoms with Crippen LogP contribution in [-0.2, 0) is 0 Å². The lowest BCUT2D eigenvalue weighted by Gasteiger charge is -2.27. The maximum atomic E-state index is 13.0. The largest absolute Gasteiger partial charge is 0.337 e. The fourth-order valence-corrected chi connectivity index (χ4v) is 2.95. The number of rotatable bonds is 4. The molecule has 0 radical (unpaired) electrons. The van der Waals surface area contributed by atoms with E-state index in [1.807, 2.05) is 44.2 Å². The number of carbonyl (C=O) groups is 2. The van der Waals surface area contributed by atoms with E-state index in [1.54, 1.807) is 10.9 Å². The third-order valence-electron chi connectivity index (χ3n) is 4.27. The molecule has 7 nitrogen and oxygen atoms in total. The number of hydrogen-bond donors (Lipinski definition) is 1. The molecule has 2 aromatic rings. The molecule has 1 N–H and O–H groups in total. The second-order valence-electron chi connectivity index (χ2n) is 6.03. The smallest absolute Gasteiger partial charge is 0.336 e. The van der Waals surface area contributed by atoms with Crippen molar-refractivity contribution < 1.29 is 9.59 Å². The Labute approximate surface area is 147 Å². The molecule has 0 bridgehead atoms. The first-order valence-electron chi connectivity index (χ1n) is 8.60. The molecule has 1 aromatic carbocycles. The average molecular weight is 341 g/mol. The van der Waals surface area contributed by atoms with E-state index in [4.69, 9.17) is 0 Å². The van der Waals surface area contributed by atoms with E-state index in [0.717, 1.165) is 24.2 Å². The van der Waals surface area contributed by atoms with Crippen molar-refractivity contribution in [2.45, 2.75) is 26.7 Å². The standard InChI is InChI=1S/C18H23N5O2/c1-3-10-19-18(25)22-12-7-11-21(22)17(24)16-13-20-23(14(16)2)15-8-5-4-6-9-15/h4-6,8-9,13H,3,7,10-12H2,1-2H3,(H,19,25). The lowest BCUT2D eigenvalue weighted by molar-refractivity contribution is 0.0376. The maximum absolute atomic E-state index is 13.0. The van der Waals surface area contributed by atoms with Gasteiger partial charge in [0.05, 0.1) is 23.1 Å². The summed E-state index contributed by atoms with van der Waals surface area (Å²) < 4.78 is 1.74. The third kappa shape index (κ3) is 3.35. The van der Waals surface area contributed by atoms with Gasteiger partial charge in [-0.1, -0.05) is 25.1 Å². The first-order valence-corrected chi connectivity index (χ1v) is 8.60. The van der Waals surface area contributed by atoms with Crippen LogP contribution >= 0.6 is 0 Å². The maximum Gasteiger partial charge on any atom is 0.336 e. The van der Waals surface area contributed by atoms with E-state index in [1.165, 1.54) is 10.0 Å². The first-order chi connectivity index (χ1) is 12.1. The van der Waals surface area contributed by atoms with Gasteiger partial charge in [0.1, 0.15) is 0 Å². The van der Waals surface area contributed by atoms with E-state index < -0.39 is 0 Å². The van der Waals surface area contributed by atoms with Gasteiger partial charge in [-0.15, -0.1) is 0 Å². The highest BCUT2D eigenvalue weighted by molar-refractivity contribution is 5.96. The zero-order chi connectivity index (χ0) is 17.8. The summed E-state index contributed by atoms with van der Waals surface area (Å²) in [6.07, 6.45) is 3.21. The number of nitrogens with one attached hydrogen (secondary N) is 1. The minimum atomic E-state index is -0.221. The Balaban J connectivity index is 1.81. The molecule has 1 saturated heterocycles. The Morgan fingerprint density at radius 2 is 1.88 bits per heavy atom. The van der Waals surface area contributed by atoms with Gasteiger partial charge in [-0.25, -0.2) is 19.5 Å². The Hall–Kier alpha value is -2.83. The van der Waals surface area contributed by atoms with E-state index in [9.17, 15) is 9.59 Å². The summed E-state index contributed by atoms with van der Waals surface area (Å²) in [6.45, 7) is 5.54. The predicted octanol–water partition coefficient (Wildman–Crippen LogP) is 2.36. The molecule has 25 heavy (non-hydrogen) atoms. The second-order valence-corrected chi connectivity index (χ2v) is 6.03. The Morgan fingerprint density at radius 3 is 2.60 bits per heavy atom.